The Labute approximate surface area is 163 Å². The second-order valence-corrected chi connectivity index (χ2v) is 8.49. The van der Waals surface area contributed by atoms with Crippen molar-refractivity contribution in [2.24, 2.45) is 0 Å². The minimum atomic E-state index is -0.540. The third kappa shape index (κ3) is 3.33. The lowest BCUT2D eigenvalue weighted by Gasteiger charge is -2.50. The van der Waals surface area contributed by atoms with Crippen molar-refractivity contribution in [1.29, 1.82) is 0 Å². The van der Waals surface area contributed by atoms with E-state index in [0.29, 0.717) is 13.2 Å². The number of carbonyl (C=O) groups is 1. The lowest BCUT2D eigenvalue weighted by Crippen LogP contribution is -2.65. The van der Waals surface area contributed by atoms with Gasteiger partial charge in [-0.15, -0.1) is 0 Å². The highest BCUT2D eigenvalue weighted by Gasteiger charge is 2.54. The van der Waals surface area contributed by atoms with Gasteiger partial charge in [-0.1, -0.05) is 15.9 Å². The van der Waals surface area contributed by atoms with Gasteiger partial charge in [0.2, 0.25) is 0 Å². The van der Waals surface area contributed by atoms with E-state index in [9.17, 15) is 4.79 Å². The van der Waals surface area contributed by atoms with Crippen LogP contribution in [0.1, 0.15) is 42.5 Å². The van der Waals surface area contributed by atoms with Crippen LogP contribution in [0.5, 0.6) is 0 Å². The fraction of sp³-hybridized carbons (Fsp3) is 0.650. The van der Waals surface area contributed by atoms with Crippen LogP contribution in [0.3, 0.4) is 0 Å². The number of hydrogen-bond acceptors (Lipinski definition) is 4. The Kier molecular flexibility index (Phi) is 5.37. The fourth-order valence-corrected chi connectivity index (χ4v) is 5.10. The summed E-state index contributed by atoms with van der Waals surface area (Å²) in [5.41, 5.74) is 0.726. The van der Waals surface area contributed by atoms with Crippen LogP contribution in [0, 0.1) is 0 Å². The topological polar surface area (TPSA) is 42.0 Å². The molecule has 2 saturated heterocycles. The van der Waals surface area contributed by atoms with Crippen LogP contribution in [0.25, 0.3) is 0 Å². The molecule has 2 atom stereocenters. The SMILES string of the molecule is CN(C(=O)c1ccc(Br)cc1)C1CCCC2(OCCO2)C1N1CCCC1. The van der Waals surface area contributed by atoms with Crippen molar-refractivity contribution in [3.05, 3.63) is 34.3 Å². The minimum absolute atomic E-state index is 0.0711. The molecule has 1 spiro atoms. The number of hydrogen-bond donors (Lipinski definition) is 0. The maximum absolute atomic E-state index is 13.1. The predicted octanol–water partition coefficient (Wildman–Crippen LogP) is 3.28. The van der Waals surface area contributed by atoms with Gasteiger partial charge in [-0.3, -0.25) is 9.69 Å². The number of likely N-dealkylation sites (tertiary alicyclic amines) is 1. The molecule has 26 heavy (non-hydrogen) atoms. The molecule has 0 bridgehead atoms. The molecule has 0 N–H and O–H groups in total. The maximum Gasteiger partial charge on any atom is 0.253 e. The van der Waals surface area contributed by atoms with Crippen LogP contribution in [0.4, 0.5) is 0 Å². The van der Waals surface area contributed by atoms with E-state index >= 15 is 0 Å². The summed E-state index contributed by atoms with van der Waals surface area (Å²) < 4.78 is 13.3. The molecule has 0 radical (unpaired) electrons. The second kappa shape index (κ2) is 7.58. The summed E-state index contributed by atoms with van der Waals surface area (Å²) in [5.74, 6) is -0.469. The lowest BCUT2D eigenvalue weighted by molar-refractivity contribution is -0.228. The Hall–Kier alpha value is -0.950. The van der Waals surface area contributed by atoms with Gasteiger partial charge in [0, 0.05) is 23.5 Å². The standard InChI is InChI=1S/C20H27BrN2O3/c1-22(19(24)15-6-8-16(21)9-7-15)17-5-4-10-20(25-13-14-26-20)18(17)23-11-2-3-12-23/h6-9,17-18H,2-5,10-14H2,1H3. The Morgan fingerprint density at radius 2 is 1.81 bits per heavy atom. The van der Waals surface area contributed by atoms with E-state index in [4.69, 9.17) is 9.47 Å². The van der Waals surface area contributed by atoms with Crippen molar-refractivity contribution in [1.82, 2.24) is 9.80 Å². The zero-order valence-corrected chi connectivity index (χ0v) is 16.9. The van der Waals surface area contributed by atoms with E-state index in [0.717, 1.165) is 42.4 Å². The van der Waals surface area contributed by atoms with Gasteiger partial charge in [-0.05, 0) is 63.0 Å². The number of amides is 1. The van der Waals surface area contributed by atoms with Crippen molar-refractivity contribution in [3.8, 4) is 0 Å². The molecule has 2 heterocycles. The Morgan fingerprint density at radius 3 is 2.46 bits per heavy atom. The van der Waals surface area contributed by atoms with E-state index in [1.54, 1.807) is 0 Å². The number of carbonyl (C=O) groups excluding carboxylic acids is 1. The zero-order valence-electron chi connectivity index (χ0n) is 15.3. The molecule has 4 rings (SSSR count). The van der Waals surface area contributed by atoms with Crippen molar-refractivity contribution in [2.45, 2.75) is 50.0 Å². The lowest BCUT2D eigenvalue weighted by atomic mass is 9.82. The molecular formula is C20H27BrN2O3. The van der Waals surface area contributed by atoms with Crippen molar-refractivity contribution in [2.75, 3.05) is 33.4 Å². The predicted molar refractivity (Wildman–Crippen MR) is 103 cm³/mol. The van der Waals surface area contributed by atoms with E-state index in [1.165, 1.54) is 12.8 Å². The van der Waals surface area contributed by atoms with Crippen LogP contribution in [-0.4, -0.2) is 66.9 Å². The highest BCUT2D eigenvalue weighted by atomic mass is 79.9. The Bertz CT molecular complexity index is 639. The molecule has 1 aliphatic carbocycles. The summed E-state index contributed by atoms with van der Waals surface area (Å²) >= 11 is 3.44. The van der Waals surface area contributed by atoms with Gasteiger partial charge in [-0.2, -0.15) is 0 Å². The number of halogens is 1. The summed E-state index contributed by atoms with van der Waals surface area (Å²) in [7, 11) is 1.94. The molecule has 3 fully saturated rings. The summed E-state index contributed by atoms with van der Waals surface area (Å²) in [5, 5.41) is 0. The normalized spacial score (nSPS) is 28.5. The first kappa shape index (κ1) is 18.4. The second-order valence-electron chi connectivity index (χ2n) is 7.58. The van der Waals surface area contributed by atoms with Crippen LogP contribution in [0.2, 0.25) is 0 Å². The molecule has 3 aliphatic rings. The van der Waals surface area contributed by atoms with E-state index < -0.39 is 5.79 Å². The van der Waals surface area contributed by atoms with Gasteiger partial charge >= 0.3 is 0 Å². The number of likely N-dealkylation sites (N-methyl/N-ethyl adjacent to an activating group) is 1. The quantitative estimate of drug-likeness (QED) is 0.749. The van der Waals surface area contributed by atoms with Crippen molar-refractivity contribution < 1.29 is 14.3 Å². The van der Waals surface area contributed by atoms with Crippen LogP contribution < -0.4 is 0 Å². The minimum Gasteiger partial charge on any atom is -0.346 e. The third-order valence-electron chi connectivity index (χ3n) is 6.06. The Morgan fingerprint density at radius 1 is 1.15 bits per heavy atom. The number of rotatable bonds is 3. The van der Waals surface area contributed by atoms with E-state index in [1.807, 2.05) is 36.2 Å². The zero-order chi connectivity index (χ0) is 18.1. The van der Waals surface area contributed by atoms with Gasteiger partial charge in [0.05, 0.1) is 25.3 Å². The molecule has 5 nitrogen and oxygen atoms in total. The monoisotopic (exact) mass is 422 g/mol. The van der Waals surface area contributed by atoms with E-state index in [2.05, 4.69) is 20.8 Å². The molecular weight excluding hydrogens is 396 g/mol. The highest BCUT2D eigenvalue weighted by Crippen LogP contribution is 2.41. The average Bonchev–Trinajstić information content (AvgIpc) is 3.34. The maximum atomic E-state index is 13.1. The van der Waals surface area contributed by atoms with E-state index in [-0.39, 0.29) is 18.0 Å². The van der Waals surface area contributed by atoms with Crippen molar-refractivity contribution in [3.63, 3.8) is 0 Å². The molecule has 2 aliphatic heterocycles. The third-order valence-corrected chi connectivity index (χ3v) is 6.59. The number of nitrogens with zero attached hydrogens (tertiary/aromatic N) is 2. The van der Waals surface area contributed by atoms with Gasteiger partial charge < -0.3 is 14.4 Å². The summed E-state index contributed by atoms with van der Waals surface area (Å²) in [4.78, 5) is 17.6. The summed E-state index contributed by atoms with van der Waals surface area (Å²) in [6.45, 7) is 3.44. The van der Waals surface area contributed by atoms with Crippen LogP contribution in [-0.2, 0) is 9.47 Å². The van der Waals surface area contributed by atoms with Crippen LogP contribution in [0.15, 0.2) is 28.7 Å². The average molecular weight is 423 g/mol. The van der Waals surface area contributed by atoms with Crippen molar-refractivity contribution >= 4 is 21.8 Å². The summed E-state index contributed by atoms with van der Waals surface area (Å²) in [6, 6.07) is 7.83. The van der Waals surface area contributed by atoms with Gasteiger partial charge in [0.15, 0.2) is 5.79 Å². The number of ether oxygens (including phenoxy) is 2. The molecule has 1 aromatic rings. The highest BCUT2D eigenvalue weighted by molar-refractivity contribution is 9.10. The molecule has 1 amide bonds. The molecule has 6 heteroatoms. The Balaban J connectivity index is 1.61. The molecule has 2 unspecified atom stereocenters. The molecule has 0 aromatic heterocycles. The summed E-state index contributed by atoms with van der Waals surface area (Å²) in [6.07, 6.45) is 5.36. The first-order valence-electron chi connectivity index (χ1n) is 9.65. The van der Waals surface area contributed by atoms with Gasteiger partial charge in [0.1, 0.15) is 0 Å². The molecule has 142 valence electrons. The first-order chi connectivity index (χ1) is 12.6. The van der Waals surface area contributed by atoms with Crippen LogP contribution >= 0.6 is 15.9 Å². The first-order valence-corrected chi connectivity index (χ1v) is 10.4. The molecule has 1 aromatic carbocycles. The smallest absolute Gasteiger partial charge is 0.253 e. The number of benzene rings is 1. The van der Waals surface area contributed by atoms with Gasteiger partial charge in [-0.25, -0.2) is 0 Å². The fourth-order valence-electron chi connectivity index (χ4n) is 4.84. The molecule has 1 saturated carbocycles. The van der Waals surface area contributed by atoms with Gasteiger partial charge in [0.25, 0.3) is 5.91 Å². The largest absolute Gasteiger partial charge is 0.346 e.